The molecule has 13 heteroatoms. The van der Waals surface area contributed by atoms with Crippen LogP contribution in [0.3, 0.4) is 0 Å². The van der Waals surface area contributed by atoms with E-state index >= 15 is 0 Å². The van der Waals surface area contributed by atoms with Gasteiger partial charge in [-0.05, 0) is 0 Å². The minimum Gasteiger partial charge on any atom is -0.381 e. The van der Waals surface area contributed by atoms with Gasteiger partial charge in [-0.2, -0.15) is 4.67 Å². The molecule has 0 spiro atoms. The van der Waals surface area contributed by atoms with Gasteiger partial charge < -0.3 is 35.5 Å². The topological polar surface area (TPSA) is 165 Å². The summed E-state index contributed by atoms with van der Waals surface area (Å²) in [5.41, 5.74) is -5.65. The molecule has 0 bridgehead atoms. The van der Waals surface area contributed by atoms with Gasteiger partial charge in [0.25, 0.3) is 0 Å². The normalized spacial score (nSPS) is 50.6. The number of rotatable bonds is 2. The van der Waals surface area contributed by atoms with E-state index in [1.165, 1.54) is 0 Å². The quantitative estimate of drug-likeness (QED) is 0.111. The Hall–Kier alpha value is -0.000130. The zero-order valence-corrected chi connectivity index (χ0v) is 8.93. The van der Waals surface area contributed by atoms with Gasteiger partial charge in [-0.1, -0.05) is 4.67 Å². The highest BCUT2D eigenvalue weighted by atomic mass is 31.2. The van der Waals surface area contributed by atoms with Crippen molar-refractivity contribution in [3.63, 3.8) is 0 Å². The Balaban J connectivity index is 2.34. The van der Waals surface area contributed by atoms with Gasteiger partial charge in [0.15, 0.2) is 0 Å². The maximum Gasteiger partial charge on any atom is 0.356 e. The highest BCUT2D eigenvalue weighted by Crippen LogP contribution is 2.73. The molecule has 3 unspecified atom stereocenters. The van der Waals surface area contributed by atoms with E-state index in [0.717, 1.165) is 0 Å². The van der Waals surface area contributed by atoms with E-state index < -0.39 is 35.4 Å². The largest absolute Gasteiger partial charge is 0.381 e. The first-order chi connectivity index (χ1) is 7.23. The highest BCUT2D eigenvalue weighted by Gasteiger charge is 2.88. The Morgan fingerprint density at radius 2 is 1.12 bits per heavy atom. The van der Waals surface area contributed by atoms with Crippen molar-refractivity contribution in [2.24, 2.45) is 0 Å². The lowest BCUT2D eigenvalue weighted by molar-refractivity contribution is -0.207. The van der Waals surface area contributed by atoms with Crippen LogP contribution in [0.25, 0.3) is 0 Å². The van der Waals surface area contributed by atoms with Crippen LogP contribution in [-0.2, 0) is 4.57 Å². The third-order valence-corrected chi connectivity index (χ3v) is 4.86. The van der Waals surface area contributed by atoms with Crippen LogP contribution in [-0.4, -0.2) is 83.6 Å². The van der Waals surface area contributed by atoms with Crippen LogP contribution in [0.4, 0.5) is 0 Å². The van der Waals surface area contributed by atoms with Gasteiger partial charge in [0, 0.05) is 0 Å². The van der Waals surface area contributed by atoms with E-state index in [0.29, 0.717) is 0 Å². The number of nitrogens with zero attached hydrogens (tertiary/aromatic N) is 2. The molecule has 0 aliphatic carbocycles. The Labute approximate surface area is 96.7 Å². The van der Waals surface area contributed by atoms with Gasteiger partial charge in [-0.3, -0.25) is 4.57 Å². The average Bonchev–Trinajstić information content (AvgIpc) is 2.56. The molecule has 2 saturated heterocycles. The van der Waals surface area contributed by atoms with E-state index in [1.807, 2.05) is 0 Å². The van der Waals surface area contributed by atoms with Crippen molar-refractivity contribution in [3.8, 4) is 0 Å². The second-order valence-corrected chi connectivity index (χ2v) is 5.69. The van der Waals surface area contributed by atoms with E-state index in [1.54, 1.807) is 0 Å². The maximum atomic E-state index is 11.7. The summed E-state index contributed by atoms with van der Waals surface area (Å²) in [5, 5.41) is 54.2. The molecule has 2 aliphatic heterocycles. The molecule has 2 rings (SSSR count). The maximum absolute atomic E-state index is 11.7. The van der Waals surface area contributed by atoms with Gasteiger partial charge in [-0.15, -0.1) is 0 Å². The lowest BCUT2D eigenvalue weighted by atomic mass is 9.83. The minimum absolute atomic E-state index is 0.206. The molecule has 4 radical (unpaired) electrons. The predicted octanol–water partition coefficient (Wildman–Crippen LogP) is -5.38. The van der Waals surface area contributed by atoms with Crippen LogP contribution in [0, 0.1) is 0 Å². The van der Waals surface area contributed by atoms with E-state index in [-0.39, 0.29) is 4.67 Å². The molecule has 2 aliphatic rings. The first-order valence-electron chi connectivity index (χ1n) is 4.10. The summed E-state index contributed by atoms with van der Waals surface area (Å²) in [6, 6.07) is 0. The second-order valence-electron chi connectivity index (χ2n) is 3.86. The Morgan fingerprint density at radius 1 is 0.824 bits per heavy atom. The smallest absolute Gasteiger partial charge is 0.356 e. The summed E-state index contributed by atoms with van der Waals surface area (Å²) < 4.78 is 11.0. The molecule has 0 aromatic carbocycles. The van der Waals surface area contributed by atoms with Crippen molar-refractivity contribution in [2.45, 2.75) is 23.1 Å². The summed E-state index contributed by atoms with van der Waals surface area (Å²) in [6.07, 6.45) is 0. The van der Waals surface area contributed by atoms with Gasteiger partial charge >= 0.3 is 19.5 Å². The molecule has 3 atom stereocenters. The molecule has 2 heterocycles. The first kappa shape index (κ1) is 13.4. The molecule has 17 heavy (non-hydrogen) atoms. The number of aliphatic hydroxyl groups is 6. The van der Waals surface area contributed by atoms with Crippen LogP contribution in [0.15, 0.2) is 0 Å². The summed E-state index contributed by atoms with van der Waals surface area (Å²) in [5.74, 6) is -6.88. The first-order valence-corrected chi connectivity index (χ1v) is 5.66. The molecular weight excluding hydrogens is 257 g/mol. The van der Waals surface area contributed by atoms with Crippen molar-refractivity contribution in [1.29, 1.82) is 0 Å². The van der Waals surface area contributed by atoms with E-state index in [9.17, 15) is 19.7 Å². The predicted molar refractivity (Wildman–Crippen MR) is 49.2 cm³/mol. The SMILES string of the molecule is [B]C1(O)N(P(=O)(O)N2C(O)(O)C2(O)O)C1([B])O. The van der Waals surface area contributed by atoms with Gasteiger partial charge in [-0.25, -0.2) is 0 Å². The summed E-state index contributed by atoms with van der Waals surface area (Å²) in [6.45, 7) is 0. The van der Waals surface area contributed by atoms with Gasteiger partial charge in [0.1, 0.15) is 26.9 Å². The zero-order valence-electron chi connectivity index (χ0n) is 8.04. The molecule has 0 amide bonds. The van der Waals surface area contributed by atoms with Crippen LogP contribution in [0.1, 0.15) is 0 Å². The van der Waals surface area contributed by atoms with Crippen molar-refractivity contribution >= 4 is 23.4 Å². The molecule has 10 nitrogen and oxygen atoms in total. The standard InChI is InChI=1S/C4H7B2N2O8P/c5-1(9)2(6,10)7(1)17(15,16)8-3(11,12)4(8,13)14/h9-14H,(H,15,16). The average molecular weight is 264 g/mol. The molecule has 92 valence electrons. The Morgan fingerprint density at radius 3 is 1.29 bits per heavy atom. The fraction of sp³-hybridized carbons (Fsp3) is 1.00. The van der Waals surface area contributed by atoms with Gasteiger partial charge in [0.2, 0.25) is 0 Å². The third-order valence-electron chi connectivity index (χ3n) is 2.65. The van der Waals surface area contributed by atoms with E-state index in [2.05, 4.69) is 0 Å². The van der Waals surface area contributed by atoms with Crippen LogP contribution < -0.4 is 0 Å². The lowest BCUT2D eigenvalue weighted by Gasteiger charge is -2.16. The monoisotopic (exact) mass is 264 g/mol. The van der Waals surface area contributed by atoms with Crippen molar-refractivity contribution in [1.82, 2.24) is 9.34 Å². The summed E-state index contributed by atoms with van der Waals surface area (Å²) in [7, 11) is 4.69. The molecule has 7 N–H and O–H groups in total. The zero-order chi connectivity index (χ0) is 13.7. The minimum atomic E-state index is -5.18. The van der Waals surface area contributed by atoms with Crippen molar-refractivity contribution < 1.29 is 40.1 Å². The number of hydrogen-bond donors (Lipinski definition) is 7. The molecule has 0 saturated carbocycles. The third kappa shape index (κ3) is 1.25. The Bertz CT molecular complexity index is 373. The molecule has 0 aromatic heterocycles. The molecular formula is C4H7B2N2O8P. The van der Waals surface area contributed by atoms with Gasteiger partial charge in [0.05, 0.1) is 0 Å². The lowest BCUT2D eigenvalue weighted by Crippen LogP contribution is -2.25. The summed E-state index contributed by atoms with van der Waals surface area (Å²) in [4.78, 5) is 9.42. The van der Waals surface area contributed by atoms with Crippen LogP contribution in [0.5, 0.6) is 0 Å². The molecule has 0 aromatic rings. The van der Waals surface area contributed by atoms with Crippen LogP contribution in [0.2, 0.25) is 0 Å². The Kier molecular flexibility index (Phi) is 2.19. The molecule has 2 fully saturated rings. The number of hydrogen-bond acceptors (Lipinski definition) is 7. The fourth-order valence-corrected chi connectivity index (χ4v) is 3.68. The van der Waals surface area contributed by atoms with Crippen molar-refractivity contribution in [3.05, 3.63) is 0 Å². The van der Waals surface area contributed by atoms with Crippen molar-refractivity contribution in [2.75, 3.05) is 0 Å². The van der Waals surface area contributed by atoms with E-state index in [4.69, 9.17) is 36.1 Å². The summed E-state index contributed by atoms with van der Waals surface area (Å²) >= 11 is 0. The van der Waals surface area contributed by atoms with Crippen LogP contribution >= 0.6 is 7.67 Å². The highest BCUT2D eigenvalue weighted by molar-refractivity contribution is 7.54. The second kappa shape index (κ2) is 2.78. The fourth-order valence-electron chi connectivity index (χ4n) is 1.51.